The summed E-state index contributed by atoms with van der Waals surface area (Å²) in [6, 6.07) is 1.81. The molecule has 0 unspecified atom stereocenters. The van der Waals surface area contributed by atoms with Crippen LogP contribution in [-0.2, 0) is 0 Å². The molecule has 0 saturated carbocycles. The van der Waals surface area contributed by atoms with Crippen LogP contribution in [0.4, 0.5) is 0 Å². The van der Waals surface area contributed by atoms with Crippen LogP contribution in [-0.4, -0.2) is 32.4 Å². The van der Waals surface area contributed by atoms with Crippen LogP contribution in [0.2, 0.25) is 0 Å². The van der Waals surface area contributed by atoms with Crippen LogP contribution in [0.15, 0.2) is 12.1 Å². The van der Waals surface area contributed by atoms with Gasteiger partial charge in [-0.1, -0.05) is 0 Å². The average molecular weight is 215 g/mol. The molecule has 7 nitrogen and oxygen atoms in total. The molecule has 0 saturated heterocycles. The average Bonchev–Trinajstić information content (AvgIpc) is 2.08. The first kappa shape index (κ1) is 12.7. The van der Waals surface area contributed by atoms with Crippen molar-refractivity contribution in [2.75, 3.05) is 0 Å². The lowest BCUT2D eigenvalue weighted by Gasteiger charge is -2.04. The lowest BCUT2D eigenvalue weighted by Crippen LogP contribution is -2.08. The summed E-state index contributed by atoms with van der Waals surface area (Å²) in [6.07, 6.45) is 0. The lowest BCUT2D eigenvalue weighted by atomic mass is 10.1. The van der Waals surface area contributed by atoms with Gasteiger partial charge in [0.1, 0.15) is 5.56 Å². The minimum atomic E-state index is -1.61. The zero-order valence-electron chi connectivity index (χ0n) is 7.47. The summed E-state index contributed by atoms with van der Waals surface area (Å²) >= 11 is 0. The summed E-state index contributed by atoms with van der Waals surface area (Å²) in [5, 5.41) is 35.2. The molecular weight excluding hydrogens is 206 g/mol. The van der Waals surface area contributed by atoms with Gasteiger partial charge >= 0.3 is 11.9 Å². The van der Waals surface area contributed by atoms with Crippen LogP contribution >= 0.6 is 0 Å². The Kier molecular flexibility index (Phi) is 3.64. The second kappa shape index (κ2) is 4.29. The summed E-state index contributed by atoms with van der Waals surface area (Å²) < 4.78 is 0. The first-order chi connectivity index (χ1) is 6.45. The SMILES string of the molecule is N.O=C(O)c1ccc(O)c(O)c1C(=O)O. The van der Waals surface area contributed by atoms with E-state index in [1.165, 1.54) is 0 Å². The smallest absolute Gasteiger partial charge is 0.340 e. The van der Waals surface area contributed by atoms with Gasteiger partial charge in [-0.2, -0.15) is 0 Å². The van der Waals surface area contributed by atoms with Crippen LogP contribution in [0.3, 0.4) is 0 Å². The topological polar surface area (TPSA) is 150 Å². The highest BCUT2D eigenvalue weighted by Crippen LogP contribution is 2.31. The Hall–Kier alpha value is -2.28. The molecule has 0 aliphatic rings. The fourth-order valence-electron chi connectivity index (χ4n) is 0.975. The van der Waals surface area contributed by atoms with Crippen molar-refractivity contribution in [3.63, 3.8) is 0 Å². The number of carboxylic acids is 2. The number of rotatable bonds is 2. The number of phenols is 2. The Morgan fingerprint density at radius 3 is 1.93 bits per heavy atom. The van der Waals surface area contributed by atoms with E-state index in [-0.39, 0.29) is 6.15 Å². The fraction of sp³-hybridized carbons (Fsp3) is 0. The van der Waals surface area contributed by atoms with Crippen molar-refractivity contribution >= 4 is 11.9 Å². The maximum Gasteiger partial charge on any atom is 0.340 e. The maximum absolute atomic E-state index is 10.6. The monoisotopic (exact) mass is 215 g/mol. The van der Waals surface area contributed by atoms with Crippen molar-refractivity contribution in [2.24, 2.45) is 0 Å². The van der Waals surface area contributed by atoms with E-state index in [2.05, 4.69) is 0 Å². The van der Waals surface area contributed by atoms with Gasteiger partial charge in [-0.05, 0) is 12.1 Å². The Balaban J connectivity index is 0.00000196. The third-order valence-electron chi connectivity index (χ3n) is 1.60. The molecular formula is C8H9NO6. The first-order valence-corrected chi connectivity index (χ1v) is 3.46. The van der Waals surface area contributed by atoms with Crippen LogP contribution < -0.4 is 6.15 Å². The van der Waals surface area contributed by atoms with Gasteiger partial charge in [0, 0.05) is 0 Å². The fourth-order valence-corrected chi connectivity index (χ4v) is 0.975. The van der Waals surface area contributed by atoms with Crippen LogP contribution in [0.1, 0.15) is 20.7 Å². The minimum Gasteiger partial charge on any atom is -0.504 e. The molecule has 0 atom stereocenters. The molecule has 1 aromatic carbocycles. The van der Waals surface area contributed by atoms with Crippen molar-refractivity contribution in [2.45, 2.75) is 0 Å². The van der Waals surface area contributed by atoms with Gasteiger partial charge in [0.25, 0.3) is 0 Å². The Morgan fingerprint density at radius 1 is 1.00 bits per heavy atom. The molecule has 7 N–H and O–H groups in total. The van der Waals surface area contributed by atoms with Gasteiger partial charge in [-0.15, -0.1) is 0 Å². The summed E-state index contributed by atoms with van der Waals surface area (Å²) in [5.74, 6) is -4.72. The van der Waals surface area contributed by atoms with Gasteiger partial charge in [-0.3, -0.25) is 0 Å². The van der Waals surface area contributed by atoms with Crippen molar-refractivity contribution in [1.82, 2.24) is 6.15 Å². The normalized spacial score (nSPS) is 9.07. The Labute approximate surface area is 83.8 Å². The molecule has 82 valence electrons. The highest BCUT2D eigenvalue weighted by molar-refractivity contribution is 6.04. The molecule has 0 spiro atoms. The molecule has 15 heavy (non-hydrogen) atoms. The zero-order chi connectivity index (χ0) is 10.9. The lowest BCUT2D eigenvalue weighted by molar-refractivity contribution is 0.0648. The van der Waals surface area contributed by atoms with Crippen LogP contribution in [0.5, 0.6) is 11.5 Å². The molecule has 0 aromatic heterocycles. The Bertz CT molecular complexity index is 414. The highest BCUT2D eigenvalue weighted by Gasteiger charge is 2.22. The second-order valence-corrected chi connectivity index (χ2v) is 2.47. The van der Waals surface area contributed by atoms with Crippen LogP contribution in [0, 0.1) is 0 Å². The number of carboxylic acid groups (broad SMARTS) is 2. The quantitative estimate of drug-likeness (QED) is 0.454. The van der Waals surface area contributed by atoms with Crippen molar-refractivity contribution in [3.8, 4) is 11.5 Å². The van der Waals surface area contributed by atoms with Crippen molar-refractivity contribution in [3.05, 3.63) is 23.3 Å². The van der Waals surface area contributed by atoms with E-state index in [4.69, 9.17) is 20.4 Å². The molecule has 0 aliphatic carbocycles. The molecule has 0 bridgehead atoms. The van der Waals surface area contributed by atoms with E-state index in [0.717, 1.165) is 12.1 Å². The van der Waals surface area contributed by atoms with Crippen molar-refractivity contribution < 1.29 is 30.0 Å². The predicted octanol–water partition coefficient (Wildman–Crippen LogP) is 0.656. The van der Waals surface area contributed by atoms with Gasteiger partial charge in [-0.25, -0.2) is 9.59 Å². The van der Waals surface area contributed by atoms with Gasteiger partial charge < -0.3 is 26.6 Å². The van der Waals surface area contributed by atoms with Gasteiger partial charge in [0.15, 0.2) is 11.5 Å². The number of aromatic carboxylic acids is 2. The minimum absolute atomic E-state index is 0. The summed E-state index contributed by atoms with van der Waals surface area (Å²) in [6.45, 7) is 0. The third-order valence-corrected chi connectivity index (χ3v) is 1.60. The molecule has 1 aromatic rings. The zero-order valence-corrected chi connectivity index (χ0v) is 7.47. The van der Waals surface area contributed by atoms with E-state index in [9.17, 15) is 9.59 Å². The van der Waals surface area contributed by atoms with E-state index < -0.39 is 34.6 Å². The molecule has 0 heterocycles. The van der Waals surface area contributed by atoms with E-state index in [1.54, 1.807) is 0 Å². The van der Waals surface area contributed by atoms with Gasteiger partial charge in [0.05, 0.1) is 5.56 Å². The third kappa shape index (κ3) is 2.15. The van der Waals surface area contributed by atoms with E-state index in [0.29, 0.717) is 0 Å². The molecule has 0 radical (unpaired) electrons. The molecule has 1 rings (SSSR count). The Morgan fingerprint density at radius 2 is 1.53 bits per heavy atom. The van der Waals surface area contributed by atoms with E-state index in [1.807, 2.05) is 0 Å². The number of benzene rings is 1. The molecule has 0 amide bonds. The molecule has 0 aliphatic heterocycles. The largest absolute Gasteiger partial charge is 0.504 e. The summed E-state index contributed by atoms with van der Waals surface area (Å²) in [5.41, 5.74) is -1.40. The number of aromatic hydroxyl groups is 2. The maximum atomic E-state index is 10.6. The summed E-state index contributed by atoms with van der Waals surface area (Å²) in [7, 11) is 0. The van der Waals surface area contributed by atoms with E-state index >= 15 is 0 Å². The standard InChI is InChI=1S/C8H6O6.H3N/c9-4-2-1-3(7(11)12)5(6(4)10)8(13)14;/h1-2,9-10H,(H,11,12)(H,13,14);1H3. The number of carbonyl (C=O) groups is 2. The number of hydrogen-bond acceptors (Lipinski definition) is 5. The number of hydrogen-bond donors (Lipinski definition) is 5. The highest BCUT2D eigenvalue weighted by atomic mass is 16.4. The van der Waals surface area contributed by atoms with Crippen LogP contribution in [0.25, 0.3) is 0 Å². The van der Waals surface area contributed by atoms with Crippen molar-refractivity contribution in [1.29, 1.82) is 0 Å². The first-order valence-electron chi connectivity index (χ1n) is 3.46. The molecule has 7 heteroatoms. The number of phenolic OH excluding ortho intramolecular Hbond substituents is 1. The molecule has 0 fully saturated rings. The summed E-state index contributed by atoms with van der Waals surface area (Å²) in [4.78, 5) is 21.1. The second-order valence-electron chi connectivity index (χ2n) is 2.47. The predicted molar refractivity (Wildman–Crippen MR) is 48.7 cm³/mol. The van der Waals surface area contributed by atoms with Gasteiger partial charge in [0.2, 0.25) is 0 Å².